The van der Waals surface area contributed by atoms with Crippen molar-refractivity contribution in [2.45, 2.75) is 18.7 Å². The summed E-state index contributed by atoms with van der Waals surface area (Å²) in [7, 11) is -2.51. The maximum Gasteiger partial charge on any atom is 0.321 e. The van der Waals surface area contributed by atoms with Crippen LogP contribution in [0, 0.1) is 6.92 Å². The lowest BCUT2D eigenvalue weighted by Crippen LogP contribution is -2.36. The number of carbonyl (C=O) groups excluding carboxylic acids is 1. The molecule has 0 aliphatic heterocycles. The van der Waals surface area contributed by atoms with Crippen molar-refractivity contribution >= 4 is 21.7 Å². The molecule has 6 nitrogen and oxygen atoms in total. The van der Waals surface area contributed by atoms with Gasteiger partial charge in [0.1, 0.15) is 6.54 Å². The van der Waals surface area contributed by atoms with Crippen LogP contribution >= 0.6 is 0 Å². The van der Waals surface area contributed by atoms with Gasteiger partial charge in [0.15, 0.2) is 0 Å². The van der Waals surface area contributed by atoms with Crippen LogP contribution in [-0.4, -0.2) is 38.9 Å². The minimum absolute atomic E-state index is 0.146. The van der Waals surface area contributed by atoms with Crippen molar-refractivity contribution in [2.75, 3.05) is 25.9 Å². The summed E-state index contributed by atoms with van der Waals surface area (Å²) < 4.78 is 30.4. The molecule has 0 aliphatic rings. The second-order valence-electron chi connectivity index (χ2n) is 4.03. The summed E-state index contributed by atoms with van der Waals surface area (Å²) in [6.45, 7) is 3.20. The van der Waals surface area contributed by atoms with Crippen LogP contribution < -0.4 is 5.73 Å². The number of esters is 1. The molecule has 19 heavy (non-hydrogen) atoms. The van der Waals surface area contributed by atoms with Gasteiger partial charge in [-0.05, 0) is 30.7 Å². The summed E-state index contributed by atoms with van der Waals surface area (Å²) in [5, 5.41) is 0. The molecule has 0 fully saturated rings. The van der Waals surface area contributed by atoms with Crippen LogP contribution in [0.25, 0.3) is 0 Å². The third-order valence-corrected chi connectivity index (χ3v) is 4.78. The summed E-state index contributed by atoms with van der Waals surface area (Å²) in [4.78, 5) is 11.4. The number of sulfonamides is 1. The van der Waals surface area contributed by atoms with E-state index in [9.17, 15) is 13.2 Å². The molecule has 0 bridgehead atoms. The van der Waals surface area contributed by atoms with E-state index in [-0.39, 0.29) is 18.0 Å². The van der Waals surface area contributed by atoms with Crippen molar-refractivity contribution in [3.8, 4) is 0 Å². The minimum Gasteiger partial charge on any atom is -0.468 e. The number of aryl methyl sites for hydroxylation is 1. The van der Waals surface area contributed by atoms with Gasteiger partial charge in [-0.3, -0.25) is 4.79 Å². The van der Waals surface area contributed by atoms with E-state index in [1.54, 1.807) is 19.9 Å². The lowest BCUT2D eigenvalue weighted by atomic mass is 10.2. The van der Waals surface area contributed by atoms with Gasteiger partial charge in [-0.15, -0.1) is 0 Å². The van der Waals surface area contributed by atoms with Crippen LogP contribution in [0.3, 0.4) is 0 Å². The summed E-state index contributed by atoms with van der Waals surface area (Å²) in [5.74, 6) is -0.599. The van der Waals surface area contributed by atoms with Crippen molar-refractivity contribution in [1.29, 1.82) is 0 Å². The summed E-state index contributed by atoms with van der Waals surface area (Å²) in [6.07, 6.45) is 0. The second-order valence-corrected chi connectivity index (χ2v) is 5.94. The number of hydrogen-bond acceptors (Lipinski definition) is 5. The Morgan fingerprint density at radius 2 is 2.05 bits per heavy atom. The zero-order valence-corrected chi connectivity index (χ0v) is 12.0. The summed E-state index contributed by atoms with van der Waals surface area (Å²) >= 11 is 0. The Bertz CT molecular complexity index is 569. The number of likely N-dealkylation sites (N-methyl/N-ethyl adjacent to an activating group) is 1. The highest BCUT2D eigenvalue weighted by molar-refractivity contribution is 7.89. The molecule has 1 aromatic rings. The molecule has 0 amide bonds. The number of ether oxygens (including phenoxy) is 1. The molecule has 0 saturated carbocycles. The zero-order valence-electron chi connectivity index (χ0n) is 11.2. The van der Waals surface area contributed by atoms with Crippen LogP contribution in [0.5, 0.6) is 0 Å². The number of anilines is 1. The quantitative estimate of drug-likeness (QED) is 0.637. The van der Waals surface area contributed by atoms with E-state index in [2.05, 4.69) is 4.74 Å². The Balaban J connectivity index is 3.17. The smallest absolute Gasteiger partial charge is 0.321 e. The largest absolute Gasteiger partial charge is 0.468 e. The Hall–Kier alpha value is -1.60. The SMILES string of the molecule is CCN(CC(=O)OC)S(=O)(=O)c1ccc(N)cc1C. The van der Waals surface area contributed by atoms with Crippen LogP contribution in [0.15, 0.2) is 23.1 Å². The molecule has 2 N–H and O–H groups in total. The molecule has 1 aromatic carbocycles. The standard InChI is InChI=1S/C12H18N2O4S/c1-4-14(8-12(15)18-3)19(16,17)11-6-5-10(13)7-9(11)2/h5-7H,4,8,13H2,1-3H3. The molecule has 7 heteroatoms. The van der Waals surface area contributed by atoms with Crippen molar-refractivity contribution < 1.29 is 17.9 Å². The minimum atomic E-state index is -3.73. The predicted octanol–water partition coefficient (Wildman–Crippen LogP) is 0.761. The predicted molar refractivity (Wildman–Crippen MR) is 72.0 cm³/mol. The van der Waals surface area contributed by atoms with Crippen LogP contribution in [0.1, 0.15) is 12.5 Å². The van der Waals surface area contributed by atoms with E-state index >= 15 is 0 Å². The third-order valence-electron chi connectivity index (χ3n) is 2.70. The average Bonchev–Trinajstić information content (AvgIpc) is 2.34. The fourth-order valence-electron chi connectivity index (χ4n) is 1.68. The van der Waals surface area contributed by atoms with E-state index in [0.29, 0.717) is 11.3 Å². The maximum absolute atomic E-state index is 12.4. The Morgan fingerprint density at radius 3 is 2.53 bits per heavy atom. The van der Waals surface area contributed by atoms with Crippen molar-refractivity contribution in [2.24, 2.45) is 0 Å². The first kappa shape index (κ1) is 15.5. The van der Waals surface area contributed by atoms with E-state index in [4.69, 9.17) is 5.73 Å². The van der Waals surface area contributed by atoms with E-state index in [1.165, 1.54) is 19.2 Å². The monoisotopic (exact) mass is 286 g/mol. The number of hydrogen-bond donors (Lipinski definition) is 1. The number of nitrogen functional groups attached to an aromatic ring is 1. The topological polar surface area (TPSA) is 89.7 Å². The maximum atomic E-state index is 12.4. The van der Waals surface area contributed by atoms with Gasteiger partial charge in [0, 0.05) is 12.2 Å². The Labute approximate surface area is 113 Å². The average molecular weight is 286 g/mol. The molecule has 0 unspecified atom stereocenters. The van der Waals surface area contributed by atoms with Crippen LogP contribution in [0.2, 0.25) is 0 Å². The molecule has 0 saturated heterocycles. The number of nitrogens with zero attached hydrogens (tertiary/aromatic N) is 1. The first-order valence-corrected chi connectivity index (χ1v) is 7.20. The fourth-order valence-corrected chi connectivity index (χ4v) is 3.28. The molecule has 0 spiro atoms. The summed E-state index contributed by atoms with van der Waals surface area (Å²) in [5.41, 5.74) is 6.64. The molecule has 0 atom stereocenters. The van der Waals surface area contributed by atoms with Gasteiger partial charge in [0.25, 0.3) is 0 Å². The molecular weight excluding hydrogens is 268 g/mol. The molecular formula is C12H18N2O4S. The van der Waals surface area contributed by atoms with Gasteiger partial charge in [-0.1, -0.05) is 6.92 Å². The number of benzene rings is 1. The highest BCUT2D eigenvalue weighted by Crippen LogP contribution is 2.21. The van der Waals surface area contributed by atoms with Gasteiger partial charge < -0.3 is 10.5 Å². The van der Waals surface area contributed by atoms with E-state index < -0.39 is 16.0 Å². The van der Waals surface area contributed by atoms with Crippen LogP contribution in [0.4, 0.5) is 5.69 Å². The zero-order chi connectivity index (χ0) is 14.6. The highest BCUT2D eigenvalue weighted by Gasteiger charge is 2.26. The fraction of sp³-hybridized carbons (Fsp3) is 0.417. The molecule has 0 heterocycles. The summed E-state index contributed by atoms with van der Waals surface area (Å²) in [6, 6.07) is 4.55. The van der Waals surface area contributed by atoms with Gasteiger partial charge in [-0.25, -0.2) is 8.42 Å². The highest BCUT2D eigenvalue weighted by atomic mass is 32.2. The number of carbonyl (C=O) groups is 1. The molecule has 0 radical (unpaired) electrons. The first-order valence-electron chi connectivity index (χ1n) is 5.76. The Kier molecular flexibility index (Phi) is 4.90. The number of methoxy groups -OCH3 is 1. The van der Waals surface area contributed by atoms with E-state index in [1.807, 2.05) is 0 Å². The van der Waals surface area contributed by atoms with Crippen molar-refractivity contribution in [3.05, 3.63) is 23.8 Å². The van der Waals surface area contributed by atoms with Crippen LogP contribution in [-0.2, 0) is 19.6 Å². The molecule has 0 aliphatic carbocycles. The normalized spacial score (nSPS) is 11.6. The lowest BCUT2D eigenvalue weighted by molar-refractivity contribution is -0.140. The van der Waals surface area contributed by atoms with Gasteiger partial charge in [-0.2, -0.15) is 4.31 Å². The number of rotatable bonds is 5. The van der Waals surface area contributed by atoms with Gasteiger partial charge in [0.05, 0.1) is 12.0 Å². The van der Waals surface area contributed by atoms with Gasteiger partial charge >= 0.3 is 5.97 Å². The van der Waals surface area contributed by atoms with Crippen molar-refractivity contribution in [3.63, 3.8) is 0 Å². The van der Waals surface area contributed by atoms with Crippen molar-refractivity contribution in [1.82, 2.24) is 4.31 Å². The molecule has 1 rings (SSSR count). The molecule has 0 aromatic heterocycles. The van der Waals surface area contributed by atoms with Gasteiger partial charge in [0.2, 0.25) is 10.0 Å². The first-order chi connectivity index (χ1) is 8.82. The second kappa shape index (κ2) is 6.03. The Morgan fingerprint density at radius 1 is 1.42 bits per heavy atom. The number of nitrogens with two attached hydrogens (primary N) is 1. The molecule has 106 valence electrons. The third kappa shape index (κ3) is 3.45. The lowest BCUT2D eigenvalue weighted by Gasteiger charge is -2.20. The van der Waals surface area contributed by atoms with E-state index in [0.717, 1.165) is 4.31 Å².